The maximum Gasteiger partial charge on any atom is 0.333 e. The number of aliphatic carboxylic acids is 1. The molecule has 1 fully saturated rings. The molecule has 1 N–H and O–H groups in total. The van der Waals surface area contributed by atoms with Gasteiger partial charge in [0.15, 0.2) is 6.10 Å². The van der Waals surface area contributed by atoms with Crippen molar-refractivity contribution in [3.8, 4) is 0 Å². The molecule has 0 aliphatic heterocycles. The second kappa shape index (κ2) is 3.83. The molecule has 1 unspecified atom stereocenters. The fraction of sp³-hybridized carbons (Fsp3) is 0.455. The van der Waals surface area contributed by atoms with Crippen LogP contribution in [0.4, 0.5) is 4.39 Å². The van der Waals surface area contributed by atoms with Gasteiger partial charge in [-0.1, -0.05) is 6.07 Å². The van der Waals surface area contributed by atoms with E-state index in [4.69, 9.17) is 9.84 Å². The van der Waals surface area contributed by atoms with E-state index >= 15 is 0 Å². The van der Waals surface area contributed by atoms with Crippen molar-refractivity contribution in [3.63, 3.8) is 0 Å². The largest absolute Gasteiger partial charge is 0.479 e. The number of ether oxygens (including phenoxy) is 1. The maximum atomic E-state index is 12.7. The van der Waals surface area contributed by atoms with Gasteiger partial charge in [-0.25, -0.2) is 9.78 Å². The van der Waals surface area contributed by atoms with Crippen LogP contribution in [0.1, 0.15) is 18.4 Å². The summed E-state index contributed by atoms with van der Waals surface area (Å²) >= 11 is 0. The van der Waals surface area contributed by atoms with Crippen molar-refractivity contribution >= 4 is 5.97 Å². The lowest BCUT2D eigenvalue weighted by molar-refractivity contribution is -0.150. The van der Waals surface area contributed by atoms with E-state index in [1.54, 1.807) is 6.07 Å². The summed E-state index contributed by atoms with van der Waals surface area (Å²) in [6.07, 6.45) is 1.95. The van der Waals surface area contributed by atoms with E-state index < -0.39 is 23.4 Å². The Bertz CT molecular complexity index is 400. The first-order chi connectivity index (χ1) is 7.60. The first-order valence-corrected chi connectivity index (χ1v) is 4.98. The molecule has 0 aromatic carbocycles. The van der Waals surface area contributed by atoms with Crippen LogP contribution >= 0.6 is 0 Å². The highest BCUT2D eigenvalue weighted by molar-refractivity contribution is 5.76. The highest BCUT2D eigenvalue weighted by Gasteiger charge is 2.54. The Morgan fingerprint density at radius 2 is 2.31 bits per heavy atom. The zero-order valence-corrected chi connectivity index (χ0v) is 8.81. The van der Waals surface area contributed by atoms with Crippen LogP contribution in [0.25, 0.3) is 0 Å². The van der Waals surface area contributed by atoms with Gasteiger partial charge >= 0.3 is 5.97 Å². The van der Waals surface area contributed by atoms with E-state index in [0.29, 0.717) is 0 Å². The third-order valence-electron chi connectivity index (χ3n) is 3.05. The molecule has 86 valence electrons. The number of nitrogens with zero attached hydrogens (tertiary/aromatic N) is 1. The van der Waals surface area contributed by atoms with Crippen molar-refractivity contribution in [2.45, 2.75) is 24.4 Å². The van der Waals surface area contributed by atoms with Gasteiger partial charge < -0.3 is 9.84 Å². The zero-order chi connectivity index (χ0) is 11.8. The average Bonchev–Trinajstić information content (AvgIpc) is 3.01. The van der Waals surface area contributed by atoms with Crippen LogP contribution in [0.15, 0.2) is 18.3 Å². The molecule has 1 aliphatic carbocycles. The van der Waals surface area contributed by atoms with E-state index in [0.717, 1.165) is 18.4 Å². The topological polar surface area (TPSA) is 59.4 Å². The minimum absolute atomic E-state index is 0.527. The summed E-state index contributed by atoms with van der Waals surface area (Å²) in [7, 11) is 1.37. The highest BCUT2D eigenvalue weighted by atomic mass is 19.1. The molecule has 5 heteroatoms. The molecule has 1 aromatic rings. The Hall–Kier alpha value is -1.49. The Balaban J connectivity index is 2.31. The van der Waals surface area contributed by atoms with Crippen LogP contribution in [0.5, 0.6) is 0 Å². The molecule has 0 amide bonds. The summed E-state index contributed by atoms with van der Waals surface area (Å²) in [5, 5.41) is 9.05. The number of aromatic nitrogens is 1. The molecule has 1 aromatic heterocycles. The molecule has 0 spiro atoms. The molecule has 4 nitrogen and oxygen atoms in total. The first kappa shape index (κ1) is 11.0. The van der Waals surface area contributed by atoms with Gasteiger partial charge in [0.05, 0.1) is 0 Å². The Labute approximate surface area is 92.1 Å². The molecule has 2 rings (SSSR count). The molecule has 0 bridgehead atoms. The number of hydrogen-bond donors (Lipinski definition) is 1. The van der Waals surface area contributed by atoms with Gasteiger partial charge in [0, 0.05) is 18.7 Å². The van der Waals surface area contributed by atoms with Gasteiger partial charge in [-0.15, -0.1) is 0 Å². The SMILES string of the molecule is COC(C(=O)O)C1(c2ccc(F)nc2)CC1. The number of methoxy groups -OCH3 is 1. The van der Waals surface area contributed by atoms with Crippen molar-refractivity contribution < 1.29 is 19.0 Å². The number of carboxylic acids is 1. The first-order valence-electron chi connectivity index (χ1n) is 4.98. The molecule has 1 heterocycles. The smallest absolute Gasteiger partial charge is 0.333 e. The molecule has 1 atom stereocenters. The molecule has 1 aliphatic rings. The van der Waals surface area contributed by atoms with Crippen molar-refractivity contribution in [2.75, 3.05) is 7.11 Å². The summed E-state index contributed by atoms with van der Waals surface area (Å²) in [5.74, 6) is -1.56. The zero-order valence-electron chi connectivity index (χ0n) is 8.81. The van der Waals surface area contributed by atoms with E-state index in [1.165, 1.54) is 19.4 Å². The van der Waals surface area contributed by atoms with Gasteiger partial charge in [0.25, 0.3) is 0 Å². The lowest BCUT2D eigenvalue weighted by atomic mass is 9.91. The van der Waals surface area contributed by atoms with Crippen molar-refractivity contribution in [2.24, 2.45) is 0 Å². The molecule has 0 radical (unpaired) electrons. The second-order valence-corrected chi connectivity index (χ2v) is 3.98. The predicted octanol–water partition coefficient (Wildman–Crippen LogP) is 1.35. The number of carboxylic acid groups (broad SMARTS) is 1. The van der Waals surface area contributed by atoms with E-state index in [2.05, 4.69) is 4.98 Å². The molecular formula is C11H12FNO3. The molecule has 1 saturated carbocycles. The average molecular weight is 225 g/mol. The van der Waals surface area contributed by atoms with Crippen LogP contribution < -0.4 is 0 Å². The van der Waals surface area contributed by atoms with E-state index in [-0.39, 0.29) is 0 Å². The highest BCUT2D eigenvalue weighted by Crippen LogP contribution is 2.51. The lowest BCUT2D eigenvalue weighted by Gasteiger charge is -2.22. The minimum Gasteiger partial charge on any atom is -0.479 e. The second-order valence-electron chi connectivity index (χ2n) is 3.98. The number of halogens is 1. The maximum absolute atomic E-state index is 12.7. The summed E-state index contributed by atoms with van der Waals surface area (Å²) in [6.45, 7) is 0. The fourth-order valence-corrected chi connectivity index (χ4v) is 2.07. The van der Waals surface area contributed by atoms with Crippen LogP contribution in [-0.4, -0.2) is 29.3 Å². The van der Waals surface area contributed by atoms with E-state index in [9.17, 15) is 9.18 Å². The van der Waals surface area contributed by atoms with Crippen LogP contribution in [-0.2, 0) is 14.9 Å². The standard InChI is InChI=1S/C11H12FNO3/c1-16-9(10(14)15)11(4-5-11)7-2-3-8(12)13-6-7/h2-3,6,9H,4-5H2,1H3,(H,14,15). The van der Waals surface area contributed by atoms with Crippen LogP contribution in [0.2, 0.25) is 0 Å². The number of hydrogen-bond acceptors (Lipinski definition) is 3. The quantitative estimate of drug-likeness (QED) is 0.786. The van der Waals surface area contributed by atoms with Gasteiger partial charge in [0.1, 0.15) is 0 Å². The van der Waals surface area contributed by atoms with Crippen LogP contribution in [0, 0.1) is 5.95 Å². The minimum atomic E-state index is -0.996. The number of rotatable bonds is 4. The van der Waals surface area contributed by atoms with Gasteiger partial charge in [0.2, 0.25) is 5.95 Å². The lowest BCUT2D eigenvalue weighted by Crippen LogP contribution is -2.35. The van der Waals surface area contributed by atoms with Gasteiger partial charge in [-0.3, -0.25) is 0 Å². The summed E-state index contributed by atoms with van der Waals surface area (Å²) in [5.41, 5.74) is 0.199. The van der Waals surface area contributed by atoms with Crippen molar-refractivity contribution in [1.29, 1.82) is 0 Å². The summed E-state index contributed by atoms with van der Waals surface area (Å²) in [4.78, 5) is 14.6. The Kier molecular flexibility index (Phi) is 2.63. The van der Waals surface area contributed by atoms with E-state index in [1.807, 2.05) is 0 Å². The van der Waals surface area contributed by atoms with Crippen molar-refractivity contribution in [1.82, 2.24) is 4.98 Å². The Morgan fingerprint density at radius 1 is 1.62 bits per heavy atom. The third-order valence-corrected chi connectivity index (χ3v) is 3.05. The number of carbonyl (C=O) groups is 1. The van der Waals surface area contributed by atoms with Crippen molar-refractivity contribution in [3.05, 3.63) is 29.8 Å². The van der Waals surface area contributed by atoms with Gasteiger partial charge in [-0.05, 0) is 24.5 Å². The molecular weight excluding hydrogens is 213 g/mol. The van der Waals surface area contributed by atoms with Crippen LogP contribution in [0.3, 0.4) is 0 Å². The molecule has 0 saturated heterocycles. The van der Waals surface area contributed by atoms with Gasteiger partial charge in [-0.2, -0.15) is 4.39 Å². The Morgan fingerprint density at radius 3 is 2.69 bits per heavy atom. The predicted molar refractivity (Wildman–Crippen MR) is 53.5 cm³/mol. The monoisotopic (exact) mass is 225 g/mol. The summed E-state index contributed by atoms with van der Waals surface area (Å²) in [6, 6.07) is 2.81. The molecule has 16 heavy (non-hydrogen) atoms. The summed E-state index contributed by atoms with van der Waals surface area (Å²) < 4.78 is 17.7. The normalized spacial score (nSPS) is 19.1. The number of pyridine rings is 1. The third kappa shape index (κ3) is 1.67. The fourth-order valence-electron chi connectivity index (χ4n) is 2.07.